The van der Waals surface area contributed by atoms with Gasteiger partial charge in [0.1, 0.15) is 11.5 Å². The Morgan fingerprint density at radius 2 is 1.87 bits per heavy atom. The number of benzene rings is 2. The van der Waals surface area contributed by atoms with E-state index in [9.17, 15) is 15.2 Å². The first-order valence-corrected chi connectivity index (χ1v) is 10.1. The summed E-state index contributed by atoms with van der Waals surface area (Å²) in [6.45, 7) is 3.32. The van der Waals surface area contributed by atoms with E-state index in [1.165, 1.54) is 17.2 Å². The van der Waals surface area contributed by atoms with Gasteiger partial charge in [-0.05, 0) is 35.7 Å². The molecule has 1 aromatic heterocycles. The number of hydrogen-bond donors (Lipinski definition) is 2. The number of nitrogens with one attached hydrogen (secondary N) is 1. The average molecular weight is 407 g/mol. The van der Waals surface area contributed by atoms with E-state index in [0.717, 1.165) is 19.5 Å². The molecule has 0 bridgehead atoms. The molecule has 30 heavy (non-hydrogen) atoms. The fourth-order valence-corrected chi connectivity index (χ4v) is 3.89. The van der Waals surface area contributed by atoms with Gasteiger partial charge < -0.3 is 14.8 Å². The number of nitro groups is 1. The maximum absolute atomic E-state index is 11.2. The second kappa shape index (κ2) is 9.21. The Morgan fingerprint density at radius 3 is 2.70 bits per heavy atom. The summed E-state index contributed by atoms with van der Waals surface area (Å²) in [4.78, 5) is 13.1. The van der Waals surface area contributed by atoms with Crippen LogP contribution in [-0.4, -0.2) is 40.7 Å². The minimum atomic E-state index is -0.486. The Kier molecular flexibility index (Phi) is 6.23. The number of furan rings is 1. The van der Waals surface area contributed by atoms with Gasteiger partial charge in [-0.3, -0.25) is 15.0 Å². The van der Waals surface area contributed by atoms with Crippen molar-refractivity contribution in [2.45, 2.75) is 25.6 Å². The highest BCUT2D eigenvalue weighted by Crippen LogP contribution is 2.30. The third-order valence-electron chi connectivity index (χ3n) is 5.39. The zero-order valence-electron chi connectivity index (χ0n) is 16.7. The number of rotatable bonds is 8. The van der Waals surface area contributed by atoms with E-state index < -0.39 is 11.0 Å². The van der Waals surface area contributed by atoms with Crippen molar-refractivity contribution in [1.29, 1.82) is 0 Å². The van der Waals surface area contributed by atoms with Crippen molar-refractivity contribution in [3.63, 3.8) is 0 Å². The third kappa shape index (κ3) is 4.76. The van der Waals surface area contributed by atoms with Gasteiger partial charge in [-0.15, -0.1) is 0 Å². The monoisotopic (exact) mass is 407 g/mol. The number of β-amino-alcohol motifs (C(OH)–C–C–N with tert-alkyl or cyclic N) is 1. The number of para-hydroxylation sites is 1. The summed E-state index contributed by atoms with van der Waals surface area (Å²) in [6.07, 6.45) is 0.525. The third-order valence-corrected chi connectivity index (χ3v) is 5.39. The maximum atomic E-state index is 11.2. The molecule has 3 aromatic rings. The molecular formula is C23H25N3O4. The van der Waals surface area contributed by atoms with Crippen LogP contribution in [-0.2, 0) is 19.5 Å². The second-order valence-corrected chi connectivity index (χ2v) is 7.58. The van der Waals surface area contributed by atoms with Gasteiger partial charge >= 0.3 is 0 Å². The van der Waals surface area contributed by atoms with Gasteiger partial charge in [-0.1, -0.05) is 36.4 Å². The average Bonchev–Trinajstić information content (AvgIpc) is 3.22. The van der Waals surface area contributed by atoms with Crippen LogP contribution >= 0.6 is 0 Å². The number of nitro benzene ring substituents is 1. The van der Waals surface area contributed by atoms with E-state index in [0.29, 0.717) is 36.7 Å². The van der Waals surface area contributed by atoms with Crippen LogP contribution in [0.5, 0.6) is 0 Å². The van der Waals surface area contributed by atoms with Crippen molar-refractivity contribution >= 4 is 5.69 Å². The Bertz CT molecular complexity index is 1020. The van der Waals surface area contributed by atoms with E-state index in [4.69, 9.17) is 4.42 Å². The minimum absolute atomic E-state index is 0.0184. The van der Waals surface area contributed by atoms with Crippen LogP contribution in [0.1, 0.15) is 16.9 Å². The molecule has 2 heterocycles. The van der Waals surface area contributed by atoms with Gasteiger partial charge in [0.15, 0.2) is 0 Å². The molecule has 7 heteroatoms. The molecule has 1 aliphatic rings. The molecule has 0 saturated carbocycles. The molecule has 0 radical (unpaired) electrons. The summed E-state index contributed by atoms with van der Waals surface area (Å²) in [7, 11) is 0. The number of aliphatic hydroxyl groups is 1. The first-order chi connectivity index (χ1) is 14.6. The lowest BCUT2D eigenvalue weighted by molar-refractivity contribution is -0.384. The Morgan fingerprint density at radius 1 is 1.10 bits per heavy atom. The number of nitrogens with zero attached hydrogens (tertiary/aromatic N) is 2. The fraction of sp³-hybridized carbons (Fsp3) is 0.304. The van der Waals surface area contributed by atoms with Crippen LogP contribution < -0.4 is 5.32 Å². The van der Waals surface area contributed by atoms with E-state index in [1.807, 2.05) is 0 Å². The molecule has 2 N–H and O–H groups in total. The van der Waals surface area contributed by atoms with Crippen molar-refractivity contribution in [2.24, 2.45) is 0 Å². The summed E-state index contributed by atoms with van der Waals surface area (Å²) in [6, 6.07) is 18.5. The highest BCUT2D eigenvalue weighted by atomic mass is 16.6. The Balaban J connectivity index is 1.27. The van der Waals surface area contributed by atoms with Gasteiger partial charge in [0.25, 0.3) is 5.69 Å². The Labute approximate surface area is 175 Å². The van der Waals surface area contributed by atoms with Gasteiger partial charge in [-0.25, -0.2) is 0 Å². The molecule has 0 fully saturated rings. The molecular weight excluding hydrogens is 382 g/mol. The minimum Gasteiger partial charge on any atom is -0.459 e. The summed E-state index contributed by atoms with van der Waals surface area (Å²) in [5, 5.41) is 24.8. The summed E-state index contributed by atoms with van der Waals surface area (Å²) >= 11 is 0. The lowest BCUT2D eigenvalue weighted by Gasteiger charge is -2.30. The molecule has 1 atom stereocenters. The molecule has 1 aliphatic heterocycles. The smallest absolute Gasteiger partial charge is 0.280 e. The molecule has 0 amide bonds. The van der Waals surface area contributed by atoms with Crippen molar-refractivity contribution < 1.29 is 14.4 Å². The first-order valence-electron chi connectivity index (χ1n) is 10.1. The maximum Gasteiger partial charge on any atom is 0.280 e. The lowest BCUT2D eigenvalue weighted by Crippen LogP contribution is -2.40. The molecule has 0 saturated heterocycles. The zero-order valence-corrected chi connectivity index (χ0v) is 16.7. The Hall–Kier alpha value is -3.00. The van der Waals surface area contributed by atoms with Crippen molar-refractivity contribution in [1.82, 2.24) is 10.2 Å². The van der Waals surface area contributed by atoms with Crippen LogP contribution in [0.4, 0.5) is 5.69 Å². The van der Waals surface area contributed by atoms with Gasteiger partial charge in [-0.2, -0.15) is 0 Å². The van der Waals surface area contributed by atoms with Crippen LogP contribution in [0.3, 0.4) is 0 Å². The topological polar surface area (TPSA) is 91.8 Å². The van der Waals surface area contributed by atoms with Crippen molar-refractivity contribution in [2.75, 3.05) is 19.6 Å². The van der Waals surface area contributed by atoms with E-state index in [2.05, 4.69) is 34.5 Å². The standard InChI is InChI=1S/C23H25N3O4/c27-19(16-25-12-11-17-5-1-2-6-18(17)15-25)13-24-14-20-9-10-23(30-20)21-7-3-4-8-22(21)26(28)29/h1-10,19,24,27H,11-16H2. The molecule has 1 unspecified atom stereocenters. The fourth-order valence-electron chi connectivity index (χ4n) is 3.89. The van der Waals surface area contributed by atoms with E-state index >= 15 is 0 Å². The van der Waals surface area contributed by atoms with Crippen molar-refractivity contribution in [3.05, 3.63) is 87.7 Å². The molecule has 4 rings (SSSR count). The van der Waals surface area contributed by atoms with E-state index in [-0.39, 0.29) is 5.69 Å². The van der Waals surface area contributed by atoms with Gasteiger partial charge in [0.05, 0.1) is 23.1 Å². The second-order valence-electron chi connectivity index (χ2n) is 7.58. The lowest BCUT2D eigenvalue weighted by atomic mass is 10.00. The first kappa shape index (κ1) is 20.3. The van der Waals surface area contributed by atoms with Crippen LogP contribution in [0, 0.1) is 10.1 Å². The van der Waals surface area contributed by atoms with Crippen molar-refractivity contribution in [3.8, 4) is 11.3 Å². The molecule has 156 valence electrons. The highest BCUT2D eigenvalue weighted by Gasteiger charge is 2.19. The molecule has 7 nitrogen and oxygen atoms in total. The molecule has 2 aromatic carbocycles. The molecule has 0 spiro atoms. The van der Waals surface area contributed by atoms with Crippen LogP contribution in [0.15, 0.2) is 65.1 Å². The van der Waals surface area contributed by atoms with Gasteiger partial charge in [0, 0.05) is 32.2 Å². The SMILES string of the molecule is O=[N+]([O-])c1ccccc1-c1ccc(CNCC(O)CN2CCc3ccccc3C2)o1. The summed E-state index contributed by atoms with van der Waals surface area (Å²) in [5.41, 5.74) is 3.21. The summed E-state index contributed by atoms with van der Waals surface area (Å²) in [5.74, 6) is 1.13. The van der Waals surface area contributed by atoms with E-state index in [1.54, 1.807) is 30.3 Å². The largest absolute Gasteiger partial charge is 0.459 e. The van der Waals surface area contributed by atoms with Crippen LogP contribution in [0.2, 0.25) is 0 Å². The number of fused-ring (bicyclic) bond motifs is 1. The quantitative estimate of drug-likeness (QED) is 0.439. The number of hydrogen-bond acceptors (Lipinski definition) is 6. The summed E-state index contributed by atoms with van der Waals surface area (Å²) < 4.78 is 5.77. The van der Waals surface area contributed by atoms with Crippen LogP contribution in [0.25, 0.3) is 11.3 Å². The number of aliphatic hydroxyl groups excluding tert-OH is 1. The zero-order chi connectivity index (χ0) is 20.9. The highest BCUT2D eigenvalue weighted by molar-refractivity contribution is 5.69. The predicted octanol–water partition coefficient (Wildman–Crippen LogP) is 3.36. The van der Waals surface area contributed by atoms with Gasteiger partial charge in [0.2, 0.25) is 0 Å². The predicted molar refractivity (Wildman–Crippen MR) is 114 cm³/mol. The molecule has 0 aliphatic carbocycles. The normalized spacial score (nSPS) is 15.0.